The van der Waals surface area contributed by atoms with Crippen molar-refractivity contribution in [3.05, 3.63) is 24.3 Å². The number of rotatable bonds is 7. The van der Waals surface area contributed by atoms with Crippen LogP contribution in [0.5, 0.6) is 0 Å². The highest BCUT2D eigenvalue weighted by atomic mass is 16.6. The summed E-state index contributed by atoms with van der Waals surface area (Å²) in [6.45, 7) is 3.94. The van der Waals surface area contributed by atoms with Crippen LogP contribution in [0.15, 0.2) is 24.3 Å². The van der Waals surface area contributed by atoms with Gasteiger partial charge in [0.15, 0.2) is 6.10 Å². The first-order chi connectivity index (χ1) is 11.2. The predicted octanol–water partition coefficient (Wildman–Crippen LogP) is 0.0194. The van der Waals surface area contributed by atoms with E-state index in [0.717, 1.165) is 0 Å². The van der Waals surface area contributed by atoms with Crippen molar-refractivity contribution in [3.8, 4) is 0 Å². The lowest BCUT2D eigenvalue weighted by Crippen LogP contribution is -2.40. The van der Waals surface area contributed by atoms with E-state index in [2.05, 4.69) is 0 Å². The van der Waals surface area contributed by atoms with Crippen molar-refractivity contribution in [2.24, 2.45) is 0 Å². The molecule has 0 amide bonds. The predicted molar refractivity (Wildman–Crippen MR) is 81.6 cm³/mol. The maximum atomic E-state index is 11.2. The number of ether oxygens (including phenoxy) is 3. The van der Waals surface area contributed by atoms with Crippen LogP contribution in [0.1, 0.15) is 27.2 Å². The summed E-state index contributed by atoms with van der Waals surface area (Å²) in [5, 5.41) is 20.0. The van der Waals surface area contributed by atoms with Gasteiger partial charge in [-0.25, -0.2) is 4.79 Å². The standard InChI is InChI=1S/C16H22O8/c1-9(22-10(2)17)13(23-11(3)18)8-7-12(19)16(21)14-5-4-6-15(20)24-14/h4,6-9,12-14,16,19,21H,5H2,1-3H3/b8-7+/t9-,12-,13+,14+,16+/m0/s1. The molecule has 0 aliphatic carbocycles. The fourth-order valence-corrected chi connectivity index (χ4v) is 2.11. The van der Waals surface area contributed by atoms with Crippen LogP contribution in [0.2, 0.25) is 0 Å². The summed E-state index contributed by atoms with van der Waals surface area (Å²) in [7, 11) is 0. The molecule has 0 saturated carbocycles. The molecule has 8 heteroatoms. The summed E-state index contributed by atoms with van der Waals surface area (Å²) in [5.41, 5.74) is 0. The number of esters is 3. The highest BCUT2D eigenvalue weighted by Gasteiger charge is 2.29. The molecular weight excluding hydrogens is 320 g/mol. The highest BCUT2D eigenvalue weighted by molar-refractivity contribution is 5.82. The molecule has 0 aromatic carbocycles. The van der Waals surface area contributed by atoms with E-state index in [9.17, 15) is 24.6 Å². The molecule has 24 heavy (non-hydrogen) atoms. The fourth-order valence-electron chi connectivity index (χ4n) is 2.11. The largest absolute Gasteiger partial charge is 0.459 e. The van der Waals surface area contributed by atoms with Crippen LogP contribution in [0, 0.1) is 0 Å². The molecule has 0 aromatic rings. The zero-order valence-corrected chi connectivity index (χ0v) is 13.7. The summed E-state index contributed by atoms with van der Waals surface area (Å²) >= 11 is 0. The van der Waals surface area contributed by atoms with Crippen LogP contribution in [0.25, 0.3) is 0 Å². The number of cyclic esters (lactones) is 1. The van der Waals surface area contributed by atoms with Crippen LogP contribution < -0.4 is 0 Å². The van der Waals surface area contributed by atoms with Gasteiger partial charge in [0.2, 0.25) is 0 Å². The Hall–Kier alpha value is -2.19. The number of aliphatic hydroxyl groups excluding tert-OH is 2. The second kappa shape index (κ2) is 9.19. The van der Waals surface area contributed by atoms with Crippen molar-refractivity contribution in [3.63, 3.8) is 0 Å². The van der Waals surface area contributed by atoms with E-state index in [1.807, 2.05) is 0 Å². The Balaban J connectivity index is 2.72. The van der Waals surface area contributed by atoms with Crippen molar-refractivity contribution in [1.82, 2.24) is 0 Å². The molecular formula is C16H22O8. The molecule has 0 spiro atoms. The van der Waals surface area contributed by atoms with Crippen molar-refractivity contribution in [2.45, 2.75) is 57.7 Å². The second-order valence-corrected chi connectivity index (χ2v) is 5.37. The van der Waals surface area contributed by atoms with E-state index in [4.69, 9.17) is 14.2 Å². The summed E-state index contributed by atoms with van der Waals surface area (Å²) in [6, 6.07) is 0. The highest BCUT2D eigenvalue weighted by Crippen LogP contribution is 2.16. The van der Waals surface area contributed by atoms with Gasteiger partial charge in [-0.1, -0.05) is 12.2 Å². The van der Waals surface area contributed by atoms with Gasteiger partial charge in [-0.05, 0) is 13.0 Å². The fraction of sp³-hybridized carbons (Fsp3) is 0.562. The number of carbonyl (C=O) groups is 3. The van der Waals surface area contributed by atoms with Crippen molar-refractivity contribution >= 4 is 17.9 Å². The normalized spacial score (nSPS) is 22.4. The Labute approximate surface area is 139 Å². The van der Waals surface area contributed by atoms with E-state index in [1.165, 1.54) is 39.0 Å². The molecule has 0 fully saturated rings. The van der Waals surface area contributed by atoms with Gasteiger partial charge in [0.05, 0.1) is 0 Å². The molecule has 0 unspecified atom stereocenters. The molecule has 1 rings (SSSR count). The van der Waals surface area contributed by atoms with Gasteiger partial charge in [-0.3, -0.25) is 9.59 Å². The summed E-state index contributed by atoms with van der Waals surface area (Å²) in [5.74, 6) is -1.73. The molecule has 134 valence electrons. The van der Waals surface area contributed by atoms with E-state index >= 15 is 0 Å². The van der Waals surface area contributed by atoms with Crippen molar-refractivity contribution in [2.75, 3.05) is 0 Å². The van der Waals surface area contributed by atoms with E-state index in [1.54, 1.807) is 6.08 Å². The Bertz CT molecular complexity index is 524. The minimum atomic E-state index is -1.36. The van der Waals surface area contributed by atoms with Gasteiger partial charge < -0.3 is 24.4 Å². The average molecular weight is 342 g/mol. The molecule has 0 radical (unpaired) electrons. The van der Waals surface area contributed by atoms with Crippen LogP contribution in [0.3, 0.4) is 0 Å². The maximum Gasteiger partial charge on any atom is 0.330 e. The summed E-state index contributed by atoms with van der Waals surface area (Å²) in [4.78, 5) is 33.3. The van der Waals surface area contributed by atoms with Gasteiger partial charge in [0.1, 0.15) is 24.4 Å². The van der Waals surface area contributed by atoms with Crippen LogP contribution in [0.4, 0.5) is 0 Å². The van der Waals surface area contributed by atoms with Gasteiger partial charge in [0.25, 0.3) is 0 Å². The first-order valence-electron chi connectivity index (χ1n) is 7.46. The Morgan fingerprint density at radius 3 is 2.42 bits per heavy atom. The average Bonchev–Trinajstić information content (AvgIpc) is 2.49. The number of hydrogen-bond acceptors (Lipinski definition) is 8. The Morgan fingerprint density at radius 1 is 1.25 bits per heavy atom. The third kappa shape index (κ3) is 6.51. The van der Waals surface area contributed by atoms with E-state index in [-0.39, 0.29) is 6.42 Å². The lowest BCUT2D eigenvalue weighted by Gasteiger charge is -2.26. The lowest BCUT2D eigenvalue weighted by molar-refractivity contribution is -0.160. The maximum absolute atomic E-state index is 11.2. The van der Waals surface area contributed by atoms with Gasteiger partial charge in [-0.2, -0.15) is 0 Å². The minimum Gasteiger partial charge on any atom is -0.459 e. The lowest BCUT2D eigenvalue weighted by atomic mass is 10.0. The van der Waals surface area contributed by atoms with E-state index < -0.39 is 48.4 Å². The zero-order valence-electron chi connectivity index (χ0n) is 13.7. The second-order valence-electron chi connectivity index (χ2n) is 5.37. The summed E-state index contributed by atoms with van der Waals surface area (Å²) in [6.07, 6.45) is 0.269. The van der Waals surface area contributed by atoms with Crippen LogP contribution in [-0.4, -0.2) is 58.6 Å². The van der Waals surface area contributed by atoms with Crippen molar-refractivity contribution in [1.29, 1.82) is 0 Å². The molecule has 0 aromatic heterocycles. The quantitative estimate of drug-likeness (QED) is 0.377. The smallest absolute Gasteiger partial charge is 0.330 e. The molecule has 0 bridgehead atoms. The molecule has 1 aliphatic heterocycles. The van der Waals surface area contributed by atoms with Gasteiger partial charge in [-0.15, -0.1) is 0 Å². The van der Waals surface area contributed by atoms with Crippen LogP contribution >= 0.6 is 0 Å². The summed E-state index contributed by atoms with van der Waals surface area (Å²) < 4.78 is 14.9. The number of aliphatic hydroxyl groups is 2. The SMILES string of the molecule is CC(=O)O[C@@H](C)[C@@H](/C=C/[C@H](O)[C@@H](O)[C@H]1CC=CC(=O)O1)OC(C)=O. The van der Waals surface area contributed by atoms with Crippen LogP contribution in [-0.2, 0) is 28.6 Å². The Kier molecular flexibility index (Phi) is 7.60. The molecule has 0 saturated heterocycles. The molecule has 5 atom stereocenters. The van der Waals surface area contributed by atoms with Gasteiger partial charge in [0, 0.05) is 26.3 Å². The number of hydrogen-bond donors (Lipinski definition) is 2. The monoisotopic (exact) mass is 342 g/mol. The Morgan fingerprint density at radius 2 is 1.88 bits per heavy atom. The molecule has 2 N–H and O–H groups in total. The molecule has 1 heterocycles. The molecule has 1 aliphatic rings. The third-order valence-electron chi connectivity index (χ3n) is 3.24. The topological polar surface area (TPSA) is 119 Å². The molecule has 8 nitrogen and oxygen atoms in total. The van der Waals surface area contributed by atoms with Crippen molar-refractivity contribution < 1.29 is 38.8 Å². The minimum absolute atomic E-state index is 0.273. The first kappa shape index (κ1) is 19.9. The van der Waals surface area contributed by atoms with E-state index in [0.29, 0.717) is 0 Å². The zero-order chi connectivity index (χ0) is 18.3. The number of carbonyl (C=O) groups excluding carboxylic acids is 3. The van der Waals surface area contributed by atoms with Gasteiger partial charge >= 0.3 is 17.9 Å². The first-order valence-corrected chi connectivity index (χ1v) is 7.46. The third-order valence-corrected chi connectivity index (χ3v) is 3.24.